The first kappa shape index (κ1) is 13.1. The average Bonchev–Trinajstić information content (AvgIpc) is 2.97. The van der Waals surface area contributed by atoms with Crippen LogP contribution in [0.3, 0.4) is 0 Å². The number of hydrogen-bond donors (Lipinski definition) is 2. The van der Waals surface area contributed by atoms with Gasteiger partial charge in [-0.25, -0.2) is 23.2 Å². The number of sulfonamides is 1. The summed E-state index contributed by atoms with van der Waals surface area (Å²) >= 11 is 0. The van der Waals surface area contributed by atoms with Crippen LogP contribution >= 0.6 is 0 Å². The first-order valence-corrected chi connectivity index (χ1v) is 7.37. The van der Waals surface area contributed by atoms with Gasteiger partial charge in [0.2, 0.25) is 0 Å². The van der Waals surface area contributed by atoms with Crippen LogP contribution in [-0.2, 0) is 10.0 Å². The molecule has 0 unspecified atom stereocenters. The molecule has 0 amide bonds. The van der Waals surface area contributed by atoms with Gasteiger partial charge in [0.1, 0.15) is 12.0 Å². The zero-order valence-electron chi connectivity index (χ0n) is 10.6. The van der Waals surface area contributed by atoms with E-state index in [-0.39, 0.29) is 16.4 Å². The highest BCUT2D eigenvalue weighted by Gasteiger charge is 2.17. The Hall–Kier alpha value is -2.92. The van der Waals surface area contributed by atoms with Gasteiger partial charge in [0.15, 0.2) is 11.5 Å². The Morgan fingerprint density at radius 2 is 2.10 bits per heavy atom. The molecule has 0 atom stereocenters. The van der Waals surface area contributed by atoms with Gasteiger partial charge < -0.3 is 4.98 Å². The molecule has 7 nitrogen and oxygen atoms in total. The molecule has 0 saturated heterocycles. The van der Waals surface area contributed by atoms with Crippen LogP contribution in [0, 0.1) is 6.57 Å². The summed E-state index contributed by atoms with van der Waals surface area (Å²) in [6.07, 6.45) is 2.92. The number of nitrogens with one attached hydrogen (secondary N) is 2. The second-order valence-electron chi connectivity index (χ2n) is 4.18. The van der Waals surface area contributed by atoms with Gasteiger partial charge in [0.05, 0.1) is 16.9 Å². The van der Waals surface area contributed by atoms with E-state index in [0.717, 1.165) is 0 Å². The SMILES string of the molecule is [C-]#[N+]c1cccc(S(=O)(=O)Nc2ncnc3[nH]ccc23)c1. The van der Waals surface area contributed by atoms with E-state index < -0.39 is 10.0 Å². The zero-order valence-corrected chi connectivity index (χ0v) is 11.4. The predicted molar refractivity (Wildman–Crippen MR) is 77.4 cm³/mol. The number of H-pyrrole nitrogens is 1. The van der Waals surface area contributed by atoms with Crippen molar-refractivity contribution in [1.29, 1.82) is 0 Å². The molecule has 2 aromatic heterocycles. The van der Waals surface area contributed by atoms with Crippen molar-refractivity contribution in [3.63, 3.8) is 0 Å². The molecular weight excluding hydrogens is 290 g/mol. The molecule has 0 aliphatic rings. The van der Waals surface area contributed by atoms with E-state index in [4.69, 9.17) is 6.57 Å². The Labute approximate surface area is 120 Å². The van der Waals surface area contributed by atoms with Gasteiger partial charge in [0, 0.05) is 6.20 Å². The number of hydrogen-bond acceptors (Lipinski definition) is 4. The summed E-state index contributed by atoms with van der Waals surface area (Å²) in [5.74, 6) is 0.189. The largest absolute Gasteiger partial charge is 0.346 e. The van der Waals surface area contributed by atoms with Crippen molar-refractivity contribution in [3.8, 4) is 0 Å². The maximum absolute atomic E-state index is 12.4. The molecule has 3 aromatic rings. The Bertz CT molecular complexity index is 956. The monoisotopic (exact) mass is 299 g/mol. The Morgan fingerprint density at radius 3 is 2.90 bits per heavy atom. The van der Waals surface area contributed by atoms with Gasteiger partial charge in [-0.1, -0.05) is 12.1 Å². The van der Waals surface area contributed by atoms with Gasteiger partial charge >= 0.3 is 0 Å². The van der Waals surface area contributed by atoms with E-state index in [9.17, 15) is 8.42 Å². The lowest BCUT2D eigenvalue weighted by molar-refractivity contribution is 0.601. The Balaban J connectivity index is 2.03. The molecule has 0 aliphatic heterocycles. The smallest absolute Gasteiger partial charge is 0.261 e. The number of aromatic nitrogens is 3. The summed E-state index contributed by atoms with van der Waals surface area (Å²) < 4.78 is 27.1. The minimum absolute atomic E-state index is 0.0123. The third-order valence-corrected chi connectivity index (χ3v) is 4.18. The molecule has 8 heteroatoms. The Morgan fingerprint density at radius 1 is 1.24 bits per heavy atom. The van der Waals surface area contributed by atoms with Gasteiger partial charge in [-0.05, 0) is 18.2 Å². The van der Waals surface area contributed by atoms with E-state index in [1.807, 2.05) is 0 Å². The molecular formula is C13H9N5O2S. The molecule has 0 saturated carbocycles. The van der Waals surface area contributed by atoms with Crippen LogP contribution in [0.2, 0.25) is 0 Å². The molecule has 0 bridgehead atoms. The summed E-state index contributed by atoms with van der Waals surface area (Å²) in [6, 6.07) is 7.48. The molecule has 104 valence electrons. The van der Waals surface area contributed by atoms with Crippen molar-refractivity contribution < 1.29 is 8.42 Å². The third-order valence-electron chi connectivity index (χ3n) is 2.84. The number of fused-ring (bicyclic) bond motifs is 1. The van der Waals surface area contributed by atoms with Gasteiger partial charge in [0.25, 0.3) is 10.0 Å². The Kier molecular flexibility index (Phi) is 3.04. The molecule has 0 fully saturated rings. The molecule has 1 aromatic carbocycles. The maximum Gasteiger partial charge on any atom is 0.261 e. The lowest BCUT2D eigenvalue weighted by Gasteiger charge is -2.08. The third kappa shape index (κ3) is 2.42. The molecule has 2 N–H and O–H groups in total. The molecule has 3 rings (SSSR count). The number of nitrogens with zero attached hydrogens (tertiary/aromatic N) is 3. The quantitative estimate of drug-likeness (QED) is 0.726. The fraction of sp³-hybridized carbons (Fsp3) is 0. The fourth-order valence-electron chi connectivity index (χ4n) is 1.86. The highest BCUT2D eigenvalue weighted by atomic mass is 32.2. The van der Waals surface area contributed by atoms with E-state index >= 15 is 0 Å². The number of aromatic amines is 1. The zero-order chi connectivity index (χ0) is 14.9. The van der Waals surface area contributed by atoms with Crippen LogP contribution in [0.4, 0.5) is 11.5 Å². The first-order valence-electron chi connectivity index (χ1n) is 5.88. The molecule has 2 heterocycles. The van der Waals surface area contributed by atoms with Gasteiger partial charge in [-0.15, -0.1) is 0 Å². The highest BCUT2D eigenvalue weighted by Crippen LogP contribution is 2.23. The van der Waals surface area contributed by atoms with Crippen molar-refractivity contribution in [2.24, 2.45) is 0 Å². The summed E-state index contributed by atoms with van der Waals surface area (Å²) in [6.45, 7) is 6.94. The van der Waals surface area contributed by atoms with Gasteiger partial charge in [-0.3, -0.25) is 4.72 Å². The van der Waals surface area contributed by atoms with E-state index in [0.29, 0.717) is 11.0 Å². The van der Waals surface area contributed by atoms with Crippen molar-refractivity contribution >= 4 is 32.6 Å². The van der Waals surface area contributed by atoms with Crippen LogP contribution < -0.4 is 4.72 Å². The lowest BCUT2D eigenvalue weighted by atomic mass is 10.3. The van der Waals surface area contributed by atoms with Crippen molar-refractivity contribution in [2.75, 3.05) is 4.72 Å². The summed E-state index contributed by atoms with van der Waals surface area (Å²) in [7, 11) is -3.81. The predicted octanol–water partition coefficient (Wildman–Crippen LogP) is 2.31. The molecule has 0 spiro atoms. The molecule has 21 heavy (non-hydrogen) atoms. The second kappa shape index (κ2) is 4.88. The van der Waals surface area contributed by atoms with Crippen molar-refractivity contribution in [2.45, 2.75) is 4.90 Å². The summed E-state index contributed by atoms with van der Waals surface area (Å²) in [4.78, 5) is 14.1. The minimum atomic E-state index is -3.81. The van der Waals surface area contributed by atoms with E-state index in [1.165, 1.54) is 24.5 Å². The van der Waals surface area contributed by atoms with E-state index in [1.54, 1.807) is 18.3 Å². The lowest BCUT2D eigenvalue weighted by Crippen LogP contribution is -2.14. The summed E-state index contributed by atoms with van der Waals surface area (Å²) in [5, 5.41) is 0.572. The first-order chi connectivity index (χ1) is 10.1. The number of benzene rings is 1. The maximum atomic E-state index is 12.4. The molecule has 0 radical (unpaired) electrons. The van der Waals surface area contributed by atoms with Crippen LogP contribution in [0.1, 0.15) is 0 Å². The van der Waals surface area contributed by atoms with Crippen LogP contribution in [-0.4, -0.2) is 23.4 Å². The molecule has 0 aliphatic carbocycles. The minimum Gasteiger partial charge on any atom is -0.346 e. The standard InChI is InChI=1S/C13H9N5O2S/c1-14-9-3-2-4-10(7-9)21(19,20)18-13-11-5-6-15-12(11)16-8-17-13/h2-8H,(H2,15,16,17,18). The average molecular weight is 299 g/mol. The fourth-order valence-corrected chi connectivity index (χ4v) is 2.93. The summed E-state index contributed by atoms with van der Waals surface area (Å²) in [5.41, 5.74) is 0.796. The number of anilines is 1. The second-order valence-corrected chi connectivity index (χ2v) is 5.86. The van der Waals surface area contributed by atoms with Crippen molar-refractivity contribution in [3.05, 3.63) is 54.3 Å². The topological polar surface area (TPSA) is 92.1 Å². The normalized spacial score (nSPS) is 11.2. The van der Waals surface area contributed by atoms with Crippen molar-refractivity contribution in [1.82, 2.24) is 15.0 Å². The van der Waals surface area contributed by atoms with Crippen LogP contribution in [0.25, 0.3) is 15.9 Å². The van der Waals surface area contributed by atoms with Crippen LogP contribution in [0.15, 0.2) is 47.8 Å². The van der Waals surface area contributed by atoms with Crippen LogP contribution in [0.5, 0.6) is 0 Å². The highest BCUT2D eigenvalue weighted by molar-refractivity contribution is 7.92. The van der Waals surface area contributed by atoms with E-state index in [2.05, 4.69) is 24.5 Å². The van der Waals surface area contributed by atoms with Gasteiger partial charge in [-0.2, -0.15) is 0 Å². The number of rotatable bonds is 3.